The first-order valence-electron chi connectivity index (χ1n) is 6.19. The number of benzene rings is 2. The largest absolute Gasteiger partial charge is 0.279 e. The van der Waals surface area contributed by atoms with Crippen LogP contribution in [0.5, 0.6) is 0 Å². The molecule has 0 saturated heterocycles. The molecule has 0 atom stereocenters. The van der Waals surface area contributed by atoms with Gasteiger partial charge in [0, 0.05) is 4.90 Å². The molecule has 21 heavy (non-hydrogen) atoms. The van der Waals surface area contributed by atoms with E-state index in [1.165, 1.54) is 0 Å². The monoisotopic (exact) mass is 318 g/mol. The van der Waals surface area contributed by atoms with Gasteiger partial charge in [-0.25, -0.2) is 8.42 Å². The Balaban J connectivity index is 2.39. The van der Waals surface area contributed by atoms with Crippen LogP contribution in [-0.2, 0) is 10.0 Å². The molecule has 4 nitrogen and oxygen atoms in total. The molecule has 0 amide bonds. The number of sulfonamides is 1. The molecule has 0 heterocycles. The van der Waals surface area contributed by atoms with Crippen molar-refractivity contribution < 1.29 is 8.42 Å². The predicted molar refractivity (Wildman–Crippen MR) is 84.6 cm³/mol. The zero-order valence-corrected chi connectivity index (χ0v) is 13.3. The van der Waals surface area contributed by atoms with Gasteiger partial charge in [0.05, 0.1) is 10.6 Å². The fraction of sp³-hybridized carbons (Fsp3) is 0.133. The third-order valence-electron chi connectivity index (χ3n) is 2.96. The Kier molecular flexibility index (Phi) is 4.56. The molecule has 0 fully saturated rings. The number of hydrogen-bond donors (Lipinski definition) is 1. The van der Waals surface area contributed by atoms with Crippen molar-refractivity contribution in [2.45, 2.75) is 23.6 Å². The van der Waals surface area contributed by atoms with Crippen molar-refractivity contribution in [2.24, 2.45) is 0 Å². The first-order chi connectivity index (χ1) is 9.94. The second-order valence-electron chi connectivity index (χ2n) is 4.54. The minimum absolute atomic E-state index is 0.222. The van der Waals surface area contributed by atoms with Gasteiger partial charge in [-0.3, -0.25) is 4.72 Å². The molecule has 108 valence electrons. The summed E-state index contributed by atoms with van der Waals surface area (Å²) in [5, 5.41) is 10.7. The van der Waals surface area contributed by atoms with Gasteiger partial charge in [0.25, 0.3) is 10.0 Å². The predicted octanol–water partition coefficient (Wildman–Crippen LogP) is 3.68. The molecule has 0 unspecified atom stereocenters. The van der Waals surface area contributed by atoms with Crippen LogP contribution in [0.25, 0.3) is 0 Å². The quantitative estimate of drug-likeness (QED) is 0.689. The number of rotatable bonds is 4. The number of hydrogen-bond acceptors (Lipinski definition) is 4. The van der Waals surface area contributed by atoms with E-state index in [1.54, 1.807) is 42.5 Å². The Morgan fingerprint density at radius 1 is 1.10 bits per heavy atom. The third-order valence-corrected chi connectivity index (χ3v) is 4.89. The molecule has 2 aromatic rings. The third kappa shape index (κ3) is 3.57. The van der Waals surface area contributed by atoms with Gasteiger partial charge in [0.2, 0.25) is 0 Å². The van der Waals surface area contributed by atoms with Crippen LogP contribution in [0.15, 0.2) is 52.3 Å². The van der Waals surface area contributed by atoms with E-state index in [0.717, 1.165) is 27.8 Å². The molecular weight excluding hydrogens is 304 g/mol. The highest BCUT2D eigenvalue weighted by molar-refractivity contribution is 8.03. The number of thioether (sulfide) groups is 1. The van der Waals surface area contributed by atoms with Crippen molar-refractivity contribution in [1.29, 1.82) is 5.26 Å². The molecule has 2 rings (SSSR count). The minimum atomic E-state index is -3.61. The Morgan fingerprint density at radius 2 is 1.67 bits per heavy atom. The van der Waals surface area contributed by atoms with Gasteiger partial charge >= 0.3 is 0 Å². The summed E-state index contributed by atoms with van der Waals surface area (Å²) in [6.45, 7) is 3.63. The zero-order chi connectivity index (χ0) is 15.5. The summed E-state index contributed by atoms with van der Waals surface area (Å²) in [6.07, 6.45) is 0. The molecule has 0 aliphatic rings. The number of thiocyanates is 1. The second-order valence-corrected chi connectivity index (χ2v) is 7.08. The van der Waals surface area contributed by atoms with Crippen molar-refractivity contribution in [3.05, 3.63) is 53.6 Å². The lowest BCUT2D eigenvalue weighted by Crippen LogP contribution is -2.14. The molecule has 0 aliphatic heterocycles. The second kappa shape index (κ2) is 6.20. The van der Waals surface area contributed by atoms with Crippen LogP contribution in [0.4, 0.5) is 5.69 Å². The SMILES string of the molecule is Cc1cc(SC#N)cc(C)c1NS(=O)(=O)c1ccccc1. The Bertz CT molecular complexity index is 771. The Labute approximate surface area is 128 Å². The lowest BCUT2D eigenvalue weighted by atomic mass is 10.1. The van der Waals surface area contributed by atoms with E-state index in [0.29, 0.717) is 5.69 Å². The summed E-state index contributed by atoms with van der Waals surface area (Å²) in [4.78, 5) is 1.02. The maximum absolute atomic E-state index is 12.3. The number of anilines is 1. The highest BCUT2D eigenvalue weighted by Gasteiger charge is 2.16. The van der Waals surface area contributed by atoms with Crippen molar-refractivity contribution in [1.82, 2.24) is 0 Å². The Morgan fingerprint density at radius 3 is 2.19 bits per heavy atom. The van der Waals surface area contributed by atoms with Crippen LogP contribution >= 0.6 is 11.8 Å². The van der Waals surface area contributed by atoms with E-state index in [9.17, 15) is 8.42 Å². The summed E-state index contributed by atoms with van der Waals surface area (Å²) >= 11 is 1.06. The lowest BCUT2D eigenvalue weighted by molar-refractivity contribution is 0.601. The van der Waals surface area contributed by atoms with E-state index >= 15 is 0 Å². The highest BCUT2D eigenvalue weighted by atomic mass is 32.2. The van der Waals surface area contributed by atoms with Gasteiger partial charge in [0.1, 0.15) is 5.40 Å². The smallest absolute Gasteiger partial charge is 0.261 e. The number of aryl methyl sites for hydroxylation is 2. The van der Waals surface area contributed by atoms with Crippen LogP contribution in [0.1, 0.15) is 11.1 Å². The standard InChI is InChI=1S/C15H14N2O2S2/c1-11-8-13(20-10-16)9-12(2)15(11)17-21(18,19)14-6-4-3-5-7-14/h3-9,17H,1-2H3. The van der Waals surface area contributed by atoms with E-state index in [1.807, 2.05) is 19.2 Å². The summed E-state index contributed by atoms with van der Waals surface area (Å²) in [7, 11) is -3.61. The molecule has 1 N–H and O–H groups in total. The lowest BCUT2D eigenvalue weighted by Gasteiger charge is -2.14. The summed E-state index contributed by atoms with van der Waals surface area (Å²) in [5.74, 6) is 0. The normalized spacial score (nSPS) is 10.9. The first-order valence-corrected chi connectivity index (χ1v) is 8.49. The van der Waals surface area contributed by atoms with Crippen molar-refractivity contribution in [3.8, 4) is 5.40 Å². The van der Waals surface area contributed by atoms with Gasteiger partial charge in [-0.05, 0) is 61.0 Å². The average molecular weight is 318 g/mol. The van der Waals surface area contributed by atoms with Crippen LogP contribution in [-0.4, -0.2) is 8.42 Å². The van der Waals surface area contributed by atoms with E-state index in [4.69, 9.17) is 5.26 Å². The number of nitrogens with zero attached hydrogens (tertiary/aromatic N) is 1. The van der Waals surface area contributed by atoms with E-state index in [-0.39, 0.29) is 4.90 Å². The zero-order valence-electron chi connectivity index (χ0n) is 11.6. The van der Waals surface area contributed by atoms with Crippen molar-refractivity contribution >= 4 is 27.5 Å². The van der Waals surface area contributed by atoms with Gasteiger partial charge in [0.15, 0.2) is 0 Å². The maximum Gasteiger partial charge on any atom is 0.261 e. The van der Waals surface area contributed by atoms with E-state index < -0.39 is 10.0 Å². The van der Waals surface area contributed by atoms with Crippen LogP contribution in [0, 0.1) is 24.5 Å². The summed E-state index contributed by atoms with van der Waals surface area (Å²) < 4.78 is 27.3. The molecule has 2 aromatic carbocycles. The molecule has 0 bridgehead atoms. The van der Waals surface area contributed by atoms with Crippen LogP contribution in [0.3, 0.4) is 0 Å². The van der Waals surface area contributed by atoms with Crippen molar-refractivity contribution in [3.63, 3.8) is 0 Å². The maximum atomic E-state index is 12.3. The van der Waals surface area contributed by atoms with Gasteiger partial charge in [-0.15, -0.1) is 0 Å². The van der Waals surface area contributed by atoms with Gasteiger partial charge < -0.3 is 0 Å². The molecule has 0 aromatic heterocycles. The fourth-order valence-corrected chi connectivity index (χ4v) is 3.79. The number of nitriles is 1. The minimum Gasteiger partial charge on any atom is -0.279 e. The van der Waals surface area contributed by atoms with Crippen LogP contribution < -0.4 is 4.72 Å². The molecule has 0 spiro atoms. The van der Waals surface area contributed by atoms with Gasteiger partial charge in [-0.2, -0.15) is 5.26 Å². The summed E-state index contributed by atoms with van der Waals surface area (Å²) in [5.41, 5.74) is 2.13. The first kappa shape index (κ1) is 15.4. The van der Waals surface area contributed by atoms with Crippen LogP contribution in [0.2, 0.25) is 0 Å². The average Bonchev–Trinajstić information content (AvgIpc) is 2.44. The molecule has 0 saturated carbocycles. The number of nitrogens with one attached hydrogen (secondary N) is 1. The molecule has 0 aliphatic carbocycles. The van der Waals surface area contributed by atoms with Gasteiger partial charge in [-0.1, -0.05) is 18.2 Å². The van der Waals surface area contributed by atoms with E-state index in [2.05, 4.69) is 4.72 Å². The molecule has 0 radical (unpaired) electrons. The Hall–Kier alpha value is -1.97. The topological polar surface area (TPSA) is 70.0 Å². The fourth-order valence-electron chi connectivity index (χ4n) is 1.99. The summed E-state index contributed by atoms with van der Waals surface area (Å²) in [6, 6.07) is 11.8. The molecule has 6 heteroatoms. The highest BCUT2D eigenvalue weighted by Crippen LogP contribution is 2.29. The molecular formula is C15H14N2O2S2. The van der Waals surface area contributed by atoms with Crippen molar-refractivity contribution in [2.75, 3.05) is 4.72 Å².